The van der Waals surface area contributed by atoms with Crippen LogP contribution in [0.2, 0.25) is 0 Å². The van der Waals surface area contributed by atoms with Crippen LogP contribution in [0.15, 0.2) is 67.0 Å². The molecule has 4 N–H and O–H groups in total. The zero-order chi connectivity index (χ0) is 44.9. The van der Waals surface area contributed by atoms with E-state index in [4.69, 9.17) is 10.5 Å². The average Bonchev–Trinajstić information content (AvgIpc) is 3.60. The first kappa shape index (κ1) is 43.1. The minimum absolute atomic E-state index is 0.0305. The number of likely N-dealkylation sites (tertiary alicyclic amines) is 2. The summed E-state index contributed by atoms with van der Waals surface area (Å²) in [5.41, 5.74) is 12.7. The van der Waals surface area contributed by atoms with Crippen LogP contribution in [0.25, 0.3) is 22.3 Å². The average molecular weight is 877 g/mol. The van der Waals surface area contributed by atoms with Crippen molar-refractivity contribution in [1.82, 2.24) is 34.9 Å². The summed E-state index contributed by atoms with van der Waals surface area (Å²) in [5, 5.41) is 22.0. The number of amides is 4. The van der Waals surface area contributed by atoms with Crippen LogP contribution >= 0.6 is 0 Å². The number of hydrogen-bond acceptors (Lipinski definition) is 11. The molecule has 17 heteroatoms. The molecule has 0 aliphatic carbocycles. The summed E-state index contributed by atoms with van der Waals surface area (Å²) in [6.45, 7) is 7.18. The van der Waals surface area contributed by atoms with Crippen molar-refractivity contribution in [2.75, 3.05) is 75.0 Å². The summed E-state index contributed by atoms with van der Waals surface area (Å²) in [6, 6.07) is 15.0. The lowest BCUT2D eigenvalue weighted by Crippen LogP contribution is -2.51. The van der Waals surface area contributed by atoms with Crippen molar-refractivity contribution in [2.45, 2.75) is 69.9 Å². The van der Waals surface area contributed by atoms with Gasteiger partial charge in [-0.25, -0.2) is 18.6 Å². The van der Waals surface area contributed by atoms with Crippen LogP contribution in [0.3, 0.4) is 0 Å². The number of aryl methyl sites for hydroxylation is 2. The highest BCUT2D eigenvalue weighted by Gasteiger charge is 2.47. The van der Waals surface area contributed by atoms with Crippen molar-refractivity contribution in [2.24, 2.45) is 5.92 Å². The Bertz CT molecular complexity index is 2600. The molecule has 9 rings (SSSR count). The summed E-state index contributed by atoms with van der Waals surface area (Å²) in [6.07, 6.45) is 5.84. The first-order valence-electron chi connectivity index (χ1n) is 22.0. The Kier molecular flexibility index (Phi) is 11.7. The number of pyridine rings is 1. The molecule has 1 unspecified atom stereocenters. The number of phenols is 1. The summed E-state index contributed by atoms with van der Waals surface area (Å²) >= 11 is 0. The Balaban J connectivity index is 0.804. The number of nitrogens with one attached hydrogen (secondary N) is 1. The van der Waals surface area contributed by atoms with Gasteiger partial charge in [-0.1, -0.05) is 18.2 Å². The third-order valence-corrected chi connectivity index (χ3v) is 13.6. The van der Waals surface area contributed by atoms with Crippen LogP contribution in [-0.2, 0) is 9.53 Å². The molecule has 0 spiro atoms. The molecule has 4 saturated heterocycles. The number of phenolic OH excluding ortho intramolecular Hbond substituents is 1. The molecule has 15 nitrogen and oxygen atoms in total. The summed E-state index contributed by atoms with van der Waals surface area (Å²) < 4.78 is 39.6. The number of nitrogens with two attached hydrogens (primary N) is 1. The highest BCUT2D eigenvalue weighted by molar-refractivity contribution is 6.06. The fourth-order valence-electron chi connectivity index (χ4n) is 10.2. The normalized spacial score (nSPS) is 22.3. The highest BCUT2D eigenvalue weighted by Crippen LogP contribution is 2.41. The van der Waals surface area contributed by atoms with Crippen molar-refractivity contribution < 1.29 is 33.0 Å². The molecule has 0 radical (unpaired) electrons. The standard InChI is InChI=1S/C47H54F2N10O5/c1-28-18-31(8-9-35(28)32-19-34(64-3)26-57(25-32)39-21-38(53-54-43(39)50)36-6-4-5-7-40(36)60)45(62)56-15-10-30(11-16-56)24-55-14-12-41(47(48,49)27-55)59-23-29(2)37-20-33(22-51-44(37)59)58-17-13-42(61)52-46(58)63/h4-9,18,20-23,30,32,34,41,60H,10-17,19,24-27H2,1-3H3,(H2,50,54)(H,52,61,63)/t32-,34+,41?/m0/s1. The van der Waals surface area contributed by atoms with Gasteiger partial charge in [0.1, 0.15) is 17.4 Å². The fourth-order valence-corrected chi connectivity index (χ4v) is 10.2. The Morgan fingerprint density at radius 2 is 1.78 bits per heavy atom. The van der Waals surface area contributed by atoms with Gasteiger partial charge in [0.25, 0.3) is 11.8 Å². The zero-order valence-corrected chi connectivity index (χ0v) is 36.3. The molecular weight excluding hydrogens is 823 g/mol. The quantitative estimate of drug-likeness (QED) is 0.152. The van der Waals surface area contributed by atoms with E-state index in [1.54, 1.807) is 42.1 Å². The smallest absolute Gasteiger partial charge is 0.328 e. The van der Waals surface area contributed by atoms with E-state index in [0.717, 1.165) is 36.0 Å². The van der Waals surface area contributed by atoms with E-state index in [9.17, 15) is 19.5 Å². The summed E-state index contributed by atoms with van der Waals surface area (Å²) in [4.78, 5) is 49.8. The Morgan fingerprint density at radius 3 is 2.52 bits per heavy atom. The number of methoxy groups -OCH3 is 1. The lowest BCUT2D eigenvalue weighted by Gasteiger charge is -2.41. The molecule has 336 valence electrons. The number of ether oxygens (including phenoxy) is 1. The number of fused-ring (bicyclic) bond motifs is 1. The third kappa shape index (κ3) is 8.45. The van der Waals surface area contributed by atoms with Gasteiger partial charge in [-0.2, -0.15) is 0 Å². The Hall–Kier alpha value is -6.20. The van der Waals surface area contributed by atoms with Gasteiger partial charge in [0.2, 0.25) is 5.91 Å². The number of piperidine rings is 3. The lowest BCUT2D eigenvalue weighted by atomic mass is 9.85. The largest absolute Gasteiger partial charge is 0.507 e. The zero-order valence-electron chi connectivity index (χ0n) is 36.3. The minimum atomic E-state index is -3.01. The van der Waals surface area contributed by atoms with Crippen molar-refractivity contribution >= 4 is 46.1 Å². The molecule has 3 aromatic heterocycles. The number of rotatable bonds is 9. The first-order chi connectivity index (χ1) is 30.8. The molecule has 7 heterocycles. The number of hydrogen-bond donors (Lipinski definition) is 3. The number of nitrogen functional groups attached to an aromatic ring is 1. The number of imide groups is 1. The number of halogens is 2. The van der Waals surface area contributed by atoms with E-state index in [1.807, 2.05) is 54.0 Å². The molecule has 64 heavy (non-hydrogen) atoms. The van der Waals surface area contributed by atoms with Gasteiger partial charge < -0.3 is 29.9 Å². The topological polar surface area (TPSA) is 175 Å². The fraction of sp³-hybridized carbons (Fsp3) is 0.447. The second-order valence-electron chi connectivity index (χ2n) is 17.9. The predicted octanol–water partition coefficient (Wildman–Crippen LogP) is 6.29. The van der Waals surface area contributed by atoms with Crippen molar-refractivity contribution in [1.29, 1.82) is 0 Å². The Labute approximate surface area is 370 Å². The molecule has 0 bridgehead atoms. The van der Waals surface area contributed by atoms with E-state index in [0.29, 0.717) is 78.5 Å². The highest BCUT2D eigenvalue weighted by atomic mass is 19.3. The number of anilines is 3. The van der Waals surface area contributed by atoms with Crippen molar-refractivity contribution in [3.8, 4) is 17.0 Å². The number of para-hydroxylation sites is 1. The number of alkyl halides is 2. The van der Waals surface area contributed by atoms with Crippen molar-refractivity contribution in [3.63, 3.8) is 0 Å². The van der Waals surface area contributed by atoms with E-state index in [1.165, 1.54) is 11.1 Å². The van der Waals surface area contributed by atoms with Gasteiger partial charge >= 0.3 is 6.03 Å². The second-order valence-corrected chi connectivity index (χ2v) is 17.9. The molecule has 4 fully saturated rings. The maximum Gasteiger partial charge on any atom is 0.328 e. The van der Waals surface area contributed by atoms with E-state index >= 15 is 8.78 Å². The van der Waals surface area contributed by atoms with Gasteiger partial charge in [0.05, 0.1) is 35.9 Å². The van der Waals surface area contributed by atoms with Crippen LogP contribution < -0.4 is 20.9 Å². The molecule has 2 aromatic carbocycles. The molecule has 5 aromatic rings. The number of urea groups is 1. The maximum atomic E-state index is 16.1. The predicted molar refractivity (Wildman–Crippen MR) is 239 cm³/mol. The van der Waals surface area contributed by atoms with Crippen LogP contribution in [0.5, 0.6) is 5.75 Å². The Morgan fingerprint density at radius 1 is 0.984 bits per heavy atom. The minimum Gasteiger partial charge on any atom is -0.507 e. The molecule has 4 amide bonds. The summed E-state index contributed by atoms with van der Waals surface area (Å²) in [7, 11) is 1.70. The van der Waals surface area contributed by atoms with Crippen LogP contribution in [-0.4, -0.2) is 124 Å². The lowest BCUT2D eigenvalue weighted by molar-refractivity contribution is -0.120. The van der Waals surface area contributed by atoms with Gasteiger partial charge in [0, 0.05) is 88.0 Å². The van der Waals surface area contributed by atoms with Gasteiger partial charge in [-0.05, 0) is 98.5 Å². The second kappa shape index (κ2) is 17.4. The van der Waals surface area contributed by atoms with Gasteiger partial charge in [-0.3, -0.25) is 24.7 Å². The SMILES string of the molecule is CO[C@@H]1C[C@H](c2ccc(C(=O)N3CCC(CN4CCC(n5cc(C)c6cc(N7CCC(=O)NC7=O)cnc65)C(F)(F)C4)CC3)cc2C)CN(c2cc(-c3ccccc3O)nnc2N)C1. The van der Waals surface area contributed by atoms with E-state index in [2.05, 4.69) is 25.4 Å². The van der Waals surface area contributed by atoms with E-state index < -0.39 is 18.0 Å². The molecule has 0 saturated carbocycles. The van der Waals surface area contributed by atoms with Gasteiger partial charge in [0.15, 0.2) is 5.82 Å². The molecular formula is C47H54F2N10O5. The first-order valence-corrected chi connectivity index (χ1v) is 22.0. The monoisotopic (exact) mass is 876 g/mol. The number of nitrogens with zero attached hydrogens (tertiary/aromatic N) is 8. The number of benzene rings is 2. The number of aromatic nitrogens is 4. The summed E-state index contributed by atoms with van der Waals surface area (Å²) in [5.74, 6) is -2.70. The van der Waals surface area contributed by atoms with Crippen LogP contribution in [0.4, 0.5) is 30.8 Å². The van der Waals surface area contributed by atoms with Crippen LogP contribution in [0.1, 0.15) is 71.1 Å². The maximum absolute atomic E-state index is 16.1. The number of carbonyl (C=O) groups excluding carboxylic acids is 3. The molecule has 4 aliphatic heterocycles. The third-order valence-electron chi connectivity index (χ3n) is 13.6. The number of carbonyl (C=O) groups is 3. The van der Waals surface area contributed by atoms with Crippen LogP contribution in [0, 0.1) is 19.8 Å². The van der Waals surface area contributed by atoms with Crippen molar-refractivity contribution in [3.05, 3.63) is 89.2 Å². The van der Waals surface area contributed by atoms with E-state index in [-0.39, 0.29) is 67.3 Å². The van der Waals surface area contributed by atoms with Gasteiger partial charge in [-0.15, -0.1) is 10.2 Å². The molecule has 4 aliphatic rings. The molecule has 3 atom stereocenters. The number of aromatic hydroxyl groups is 1.